The minimum absolute atomic E-state index is 0.00345. The Morgan fingerprint density at radius 2 is 2.11 bits per heavy atom. The monoisotopic (exact) mass is 388 g/mol. The molecule has 3 rings (SSSR count). The van der Waals surface area contributed by atoms with Crippen molar-refractivity contribution in [2.45, 2.75) is 31.9 Å². The molecule has 1 aromatic heterocycles. The lowest BCUT2D eigenvalue weighted by Gasteiger charge is -2.18. The molecule has 0 saturated heterocycles. The number of aryl methyl sites for hydroxylation is 2. The first-order valence-corrected chi connectivity index (χ1v) is 9.54. The minimum atomic E-state index is -0.425. The van der Waals surface area contributed by atoms with Crippen LogP contribution < -0.4 is 16.0 Å². The molecule has 3 N–H and O–H groups in total. The molecule has 1 unspecified atom stereocenters. The Hall–Kier alpha value is -2.81. The largest absolute Gasteiger partial charge is 0.360 e. The van der Waals surface area contributed by atoms with Gasteiger partial charge in [0.1, 0.15) is 5.76 Å². The summed E-state index contributed by atoms with van der Waals surface area (Å²) in [4.78, 5) is 35.6. The number of carbonyl (C=O) groups excluding carboxylic acids is 3. The Morgan fingerprint density at radius 1 is 1.30 bits per heavy atom. The van der Waals surface area contributed by atoms with E-state index in [1.807, 2.05) is 6.07 Å². The van der Waals surface area contributed by atoms with Crippen LogP contribution in [0.3, 0.4) is 0 Å². The van der Waals surface area contributed by atoms with Crippen molar-refractivity contribution in [2.24, 2.45) is 0 Å². The fourth-order valence-electron chi connectivity index (χ4n) is 2.59. The summed E-state index contributed by atoms with van der Waals surface area (Å²) in [6, 6.07) is 7.02. The zero-order chi connectivity index (χ0) is 19.4. The van der Waals surface area contributed by atoms with Gasteiger partial charge in [-0.05, 0) is 44.0 Å². The normalized spacial score (nSPS) is 14.1. The maximum atomic E-state index is 12.2. The van der Waals surface area contributed by atoms with E-state index in [2.05, 4.69) is 21.1 Å². The molecule has 0 spiro atoms. The number of thioether (sulfide) groups is 1. The van der Waals surface area contributed by atoms with Crippen LogP contribution in [-0.2, 0) is 20.8 Å². The van der Waals surface area contributed by atoms with E-state index < -0.39 is 5.25 Å². The minimum Gasteiger partial charge on any atom is -0.360 e. The van der Waals surface area contributed by atoms with Gasteiger partial charge in [-0.1, -0.05) is 5.16 Å². The Bertz CT molecular complexity index is 880. The smallest absolute Gasteiger partial charge is 0.238 e. The van der Waals surface area contributed by atoms with Crippen molar-refractivity contribution >= 4 is 46.7 Å². The number of rotatable bonds is 6. The SMILES string of the molecule is Cc1cc(NC(=O)C(C)SCC(=O)Nc2ccc3c(c2)CCC(=O)N3)no1. The molecule has 0 aliphatic carbocycles. The van der Waals surface area contributed by atoms with Crippen LogP contribution in [0.1, 0.15) is 24.7 Å². The second kappa shape index (κ2) is 8.26. The molecule has 2 heterocycles. The van der Waals surface area contributed by atoms with Crippen molar-refractivity contribution in [3.05, 3.63) is 35.6 Å². The zero-order valence-corrected chi connectivity index (χ0v) is 15.8. The van der Waals surface area contributed by atoms with Gasteiger partial charge in [0.15, 0.2) is 5.82 Å². The molecule has 0 radical (unpaired) electrons. The molecule has 1 aliphatic heterocycles. The molecular formula is C18H20N4O4S. The van der Waals surface area contributed by atoms with Crippen molar-refractivity contribution in [1.29, 1.82) is 0 Å². The highest BCUT2D eigenvalue weighted by Gasteiger charge is 2.18. The first-order valence-electron chi connectivity index (χ1n) is 8.49. The molecule has 9 heteroatoms. The zero-order valence-electron chi connectivity index (χ0n) is 15.0. The number of carbonyl (C=O) groups is 3. The number of hydrogen-bond donors (Lipinski definition) is 3. The van der Waals surface area contributed by atoms with Gasteiger partial charge in [0.05, 0.1) is 11.0 Å². The van der Waals surface area contributed by atoms with Crippen molar-refractivity contribution in [1.82, 2.24) is 5.16 Å². The van der Waals surface area contributed by atoms with Gasteiger partial charge in [-0.3, -0.25) is 14.4 Å². The maximum Gasteiger partial charge on any atom is 0.238 e. The Labute approximate surface area is 160 Å². The van der Waals surface area contributed by atoms with Gasteiger partial charge in [0.25, 0.3) is 0 Å². The summed E-state index contributed by atoms with van der Waals surface area (Å²) < 4.78 is 4.90. The quantitative estimate of drug-likeness (QED) is 0.701. The molecule has 8 nitrogen and oxygen atoms in total. The fraction of sp³-hybridized carbons (Fsp3) is 0.333. The van der Waals surface area contributed by atoms with Crippen LogP contribution in [0.4, 0.5) is 17.2 Å². The van der Waals surface area contributed by atoms with Gasteiger partial charge in [0.2, 0.25) is 17.7 Å². The lowest BCUT2D eigenvalue weighted by Crippen LogP contribution is -2.25. The van der Waals surface area contributed by atoms with Crippen molar-refractivity contribution in [2.75, 3.05) is 21.7 Å². The summed E-state index contributed by atoms with van der Waals surface area (Å²) in [6.45, 7) is 3.46. The van der Waals surface area contributed by atoms with Crippen molar-refractivity contribution in [3.8, 4) is 0 Å². The molecule has 2 aromatic rings. The maximum absolute atomic E-state index is 12.2. The van der Waals surface area contributed by atoms with Crippen LogP contribution >= 0.6 is 11.8 Å². The molecule has 0 saturated carbocycles. The standard InChI is InChI=1S/C18H20N4O4S/c1-10-7-15(22-26-10)21-18(25)11(2)27-9-17(24)19-13-4-5-14-12(8-13)3-6-16(23)20-14/h4-5,7-8,11H,3,6,9H2,1-2H3,(H,19,24)(H,20,23)(H,21,22,25). The number of aromatic nitrogens is 1. The number of nitrogens with zero attached hydrogens (tertiary/aromatic N) is 1. The van der Waals surface area contributed by atoms with E-state index in [-0.39, 0.29) is 23.5 Å². The molecule has 27 heavy (non-hydrogen) atoms. The third kappa shape index (κ3) is 5.10. The van der Waals surface area contributed by atoms with E-state index in [4.69, 9.17) is 4.52 Å². The highest BCUT2D eigenvalue weighted by atomic mass is 32.2. The number of anilines is 3. The van der Waals surface area contributed by atoms with Gasteiger partial charge < -0.3 is 20.5 Å². The summed E-state index contributed by atoms with van der Waals surface area (Å²) in [6.07, 6.45) is 1.09. The Kier molecular flexibility index (Phi) is 5.80. The molecular weight excluding hydrogens is 368 g/mol. The fourth-order valence-corrected chi connectivity index (χ4v) is 3.27. The molecule has 1 atom stereocenters. The van der Waals surface area contributed by atoms with Crippen LogP contribution in [-0.4, -0.2) is 33.9 Å². The number of hydrogen-bond acceptors (Lipinski definition) is 6. The predicted octanol–water partition coefficient (Wildman–Crippen LogP) is 2.57. The lowest BCUT2D eigenvalue weighted by molar-refractivity contribution is -0.117. The molecule has 0 fully saturated rings. The van der Waals surface area contributed by atoms with E-state index >= 15 is 0 Å². The molecule has 1 aliphatic rings. The van der Waals surface area contributed by atoms with Gasteiger partial charge in [-0.25, -0.2) is 0 Å². The van der Waals surface area contributed by atoms with Crippen LogP contribution in [0, 0.1) is 6.92 Å². The summed E-state index contributed by atoms with van der Waals surface area (Å²) in [5.74, 6) is 0.663. The predicted molar refractivity (Wildman–Crippen MR) is 104 cm³/mol. The highest BCUT2D eigenvalue weighted by molar-refractivity contribution is 8.01. The molecule has 3 amide bonds. The summed E-state index contributed by atoms with van der Waals surface area (Å²) in [5, 5.41) is 11.5. The van der Waals surface area contributed by atoms with E-state index in [1.165, 1.54) is 11.8 Å². The third-order valence-electron chi connectivity index (χ3n) is 4.00. The Balaban J connectivity index is 1.48. The summed E-state index contributed by atoms with van der Waals surface area (Å²) in [7, 11) is 0. The first-order chi connectivity index (χ1) is 12.9. The van der Waals surface area contributed by atoms with E-state index in [0.29, 0.717) is 30.1 Å². The molecule has 1 aromatic carbocycles. The van der Waals surface area contributed by atoms with E-state index in [1.54, 1.807) is 32.0 Å². The van der Waals surface area contributed by atoms with Gasteiger partial charge >= 0.3 is 0 Å². The van der Waals surface area contributed by atoms with Crippen LogP contribution in [0.15, 0.2) is 28.8 Å². The molecule has 0 bridgehead atoms. The number of nitrogens with one attached hydrogen (secondary N) is 3. The first kappa shape index (κ1) is 19.0. The Morgan fingerprint density at radius 3 is 2.85 bits per heavy atom. The van der Waals surface area contributed by atoms with Gasteiger partial charge in [-0.15, -0.1) is 11.8 Å². The number of fused-ring (bicyclic) bond motifs is 1. The number of benzene rings is 1. The van der Waals surface area contributed by atoms with E-state index in [0.717, 1.165) is 11.3 Å². The van der Waals surface area contributed by atoms with Gasteiger partial charge in [0, 0.05) is 23.9 Å². The summed E-state index contributed by atoms with van der Waals surface area (Å²) >= 11 is 1.23. The third-order valence-corrected chi connectivity index (χ3v) is 5.14. The van der Waals surface area contributed by atoms with Crippen LogP contribution in [0.25, 0.3) is 0 Å². The van der Waals surface area contributed by atoms with Crippen LogP contribution in [0.5, 0.6) is 0 Å². The van der Waals surface area contributed by atoms with Crippen molar-refractivity contribution < 1.29 is 18.9 Å². The average molecular weight is 388 g/mol. The number of amides is 3. The molecule has 142 valence electrons. The second-order valence-corrected chi connectivity index (χ2v) is 7.56. The van der Waals surface area contributed by atoms with Gasteiger partial charge in [-0.2, -0.15) is 0 Å². The topological polar surface area (TPSA) is 113 Å². The van der Waals surface area contributed by atoms with E-state index in [9.17, 15) is 14.4 Å². The lowest BCUT2D eigenvalue weighted by atomic mass is 10.0. The highest BCUT2D eigenvalue weighted by Crippen LogP contribution is 2.26. The average Bonchev–Trinajstić information content (AvgIpc) is 3.04. The van der Waals surface area contributed by atoms with Crippen LogP contribution in [0.2, 0.25) is 0 Å². The summed E-state index contributed by atoms with van der Waals surface area (Å²) in [5.41, 5.74) is 2.45. The second-order valence-electron chi connectivity index (χ2n) is 6.23. The van der Waals surface area contributed by atoms with Crippen molar-refractivity contribution in [3.63, 3.8) is 0 Å².